The number of rotatable bonds is 8. The van der Waals surface area contributed by atoms with Crippen molar-refractivity contribution in [2.24, 2.45) is 0 Å². The molecule has 1 amide bonds. The van der Waals surface area contributed by atoms with Crippen LogP contribution in [-0.4, -0.2) is 45.9 Å². The molecule has 0 aliphatic heterocycles. The number of amides is 1. The molecule has 0 bridgehead atoms. The standard InChI is InChI=1S/C19H27N7O2/c1-10(2)23-16-6-15(11(3)5-13(16)7-20)25-19-22-8-14(17(21)26-19)18(28)24-12(4)9-27/h5-8,10,12,20,23,27H,9H2,1-4H3,(H,24,28)(H3,21,22,25,26)/t12-/m1/s1. The van der Waals surface area contributed by atoms with Gasteiger partial charge in [-0.1, -0.05) is 0 Å². The first kappa shape index (κ1) is 21.1. The molecule has 0 saturated heterocycles. The predicted molar refractivity (Wildman–Crippen MR) is 112 cm³/mol. The van der Waals surface area contributed by atoms with E-state index in [1.165, 1.54) is 12.4 Å². The van der Waals surface area contributed by atoms with E-state index < -0.39 is 11.9 Å². The smallest absolute Gasteiger partial charge is 0.256 e. The molecule has 9 nitrogen and oxygen atoms in total. The second kappa shape index (κ2) is 9.14. The van der Waals surface area contributed by atoms with E-state index in [1.54, 1.807) is 6.92 Å². The Balaban J connectivity index is 2.27. The zero-order chi connectivity index (χ0) is 20.8. The van der Waals surface area contributed by atoms with E-state index in [4.69, 9.17) is 16.2 Å². The third-order valence-electron chi connectivity index (χ3n) is 3.96. The molecule has 0 radical (unpaired) electrons. The molecule has 150 valence electrons. The minimum absolute atomic E-state index is 0.0365. The first-order valence-corrected chi connectivity index (χ1v) is 8.98. The van der Waals surface area contributed by atoms with E-state index in [9.17, 15) is 4.79 Å². The van der Waals surface area contributed by atoms with Gasteiger partial charge in [-0.05, 0) is 45.4 Å². The largest absolute Gasteiger partial charge is 0.394 e. The molecule has 28 heavy (non-hydrogen) atoms. The van der Waals surface area contributed by atoms with E-state index >= 15 is 0 Å². The first-order chi connectivity index (χ1) is 13.2. The highest BCUT2D eigenvalue weighted by molar-refractivity contribution is 5.98. The van der Waals surface area contributed by atoms with Crippen LogP contribution in [0.5, 0.6) is 0 Å². The Morgan fingerprint density at radius 3 is 2.61 bits per heavy atom. The number of aryl methyl sites for hydroxylation is 1. The Morgan fingerprint density at radius 2 is 2.04 bits per heavy atom. The van der Waals surface area contributed by atoms with Gasteiger partial charge >= 0.3 is 0 Å². The van der Waals surface area contributed by atoms with Crippen LogP contribution in [0.4, 0.5) is 23.1 Å². The number of anilines is 4. The highest BCUT2D eigenvalue weighted by Crippen LogP contribution is 2.27. The zero-order valence-electron chi connectivity index (χ0n) is 16.5. The van der Waals surface area contributed by atoms with Gasteiger partial charge in [0.25, 0.3) is 5.91 Å². The van der Waals surface area contributed by atoms with Crippen LogP contribution in [0.1, 0.15) is 42.3 Å². The number of nitrogens with zero attached hydrogens (tertiary/aromatic N) is 2. The number of nitrogen functional groups attached to an aromatic ring is 1. The predicted octanol–water partition coefficient (Wildman–Crippen LogP) is 2.04. The van der Waals surface area contributed by atoms with Crippen LogP contribution in [0.2, 0.25) is 0 Å². The fourth-order valence-electron chi connectivity index (χ4n) is 2.52. The van der Waals surface area contributed by atoms with Crippen LogP contribution in [-0.2, 0) is 0 Å². The number of aromatic nitrogens is 2. The second-order valence-corrected chi connectivity index (χ2v) is 6.87. The molecule has 0 spiro atoms. The van der Waals surface area contributed by atoms with Crippen molar-refractivity contribution < 1.29 is 9.90 Å². The monoisotopic (exact) mass is 385 g/mol. The van der Waals surface area contributed by atoms with Gasteiger partial charge < -0.3 is 32.2 Å². The number of aliphatic hydroxyl groups excluding tert-OH is 1. The lowest BCUT2D eigenvalue weighted by atomic mass is 10.1. The lowest BCUT2D eigenvalue weighted by Gasteiger charge is -2.17. The maximum absolute atomic E-state index is 12.1. The van der Waals surface area contributed by atoms with Gasteiger partial charge in [0.1, 0.15) is 5.82 Å². The van der Waals surface area contributed by atoms with Crippen molar-refractivity contribution in [3.8, 4) is 0 Å². The summed E-state index contributed by atoms with van der Waals surface area (Å²) in [4.78, 5) is 20.5. The fraction of sp³-hybridized carbons (Fsp3) is 0.368. The second-order valence-electron chi connectivity index (χ2n) is 6.87. The average molecular weight is 385 g/mol. The molecule has 2 aromatic rings. The van der Waals surface area contributed by atoms with E-state index in [0.29, 0.717) is 0 Å². The molecule has 1 aromatic carbocycles. The SMILES string of the molecule is Cc1cc(C=N)c(NC(C)C)cc1Nc1ncc(C(=O)N[C@H](C)CO)c(N)n1. The quantitative estimate of drug-likeness (QED) is 0.381. The van der Waals surface area contributed by atoms with E-state index in [2.05, 4.69) is 25.9 Å². The summed E-state index contributed by atoms with van der Waals surface area (Å²) in [5, 5.41) is 25.7. The lowest BCUT2D eigenvalue weighted by molar-refractivity contribution is 0.0922. The lowest BCUT2D eigenvalue weighted by Crippen LogP contribution is -2.35. The van der Waals surface area contributed by atoms with Crippen LogP contribution < -0.4 is 21.7 Å². The average Bonchev–Trinajstić information content (AvgIpc) is 2.63. The number of nitrogens with one attached hydrogen (secondary N) is 4. The molecule has 2 rings (SSSR count). The van der Waals surface area contributed by atoms with Gasteiger partial charge in [-0.2, -0.15) is 4.98 Å². The Kier molecular flexibility index (Phi) is 6.89. The summed E-state index contributed by atoms with van der Waals surface area (Å²) in [5.74, 6) is -0.152. The van der Waals surface area contributed by atoms with Crippen LogP contribution in [0.25, 0.3) is 0 Å². The Morgan fingerprint density at radius 1 is 1.32 bits per heavy atom. The number of hydrogen-bond acceptors (Lipinski definition) is 8. The van der Waals surface area contributed by atoms with Crippen LogP contribution >= 0.6 is 0 Å². The molecule has 7 N–H and O–H groups in total. The number of benzene rings is 1. The summed E-state index contributed by atoms with van der Waals surface area (Å²) in [6.45, 7) is 7.45. The van der Waals surface area contributed by atoms with Gasteiger partial charge in [0.2, 0.25) is 5.95 Å². The zero-order valence-corrected chi connectivity index (χ0v) is 16.5. The van der Waals surface area contributed by atoms with Crippen LogP contribution in [0.3, 0.4) is 0 Å². The van der Waals surface area contributed by atoms with Crippen molar-refractivity contribution in [3.05, 3.63) is 35.0 Å². The summed E-state index contributed by atoms with van der Waals surface area (Å²) in [6, 6.07) is 3.59. The summed E-state index contributed by atoms with van der Waals surface area (Å²) in [7, 11) is 0. The summed E-state index contributed by atoms with van der Waals surface area (Å²) in [6.07, 6.45) is 2.65. The number of hydrogen-bond donors (Lipinski definition) is 6. The number of aliphatic hydroxyl groups is 1. The van der Waals surface area contributed by atoms with Crippen molar-refractivity contribution in [1.29, 1.82) is 5.41 Å². The topological polar surface area (TPSA) is 149 Å². The number of carbonyl (C=O) groups is 1. The van der Waals surface area contributed by atoms with Crippen molar-refractivity contribution in [2.45, 2.75) is 39.8 Å². The van der Waals surface area contributed by atoms with E-state index in [0.717, 1.165) is 22.5 Å². The van der Waals surface area contributed by atoms with E-state index in [1.807, 2.05) is 32.9 Å². The van der Waals surface area contributed by atoms with Crippen molar-refractivity contribution in [3.63, 3.8) is 0 Å². The molecule has 0 unspecified atom stereocenters. The normalized spacial score (nSPS) is 11.8. The van der Waals surface area contributed by atoms with Crippen molar-refractivity contribution in [1.82, 2.24) is 15.3 Å². The molecule has 1 aromatic heterocycles. The molecule has 0 fully saturated rings. The van der Waals surface area contributed by atoms with Crippen molar-refractivity contribution >= 4 is 35.3 Å². The molecule has 1 atom stereocenters. The van der Waals surface area contributed by atoms with Gasteiger partial charge in [0.05, 0.1) is 12.2 Å². The minimum Gasteiger partial charge on any atom is -0.394 e. The first-order valence-electron chi connectivity index (χ1n) is 8.98. The third-order valence-corrected chi connectivity index (χ3v) is 3.96. The van der Waals surface area contributed by atoms with Crippen LogP contribution in [0.15, 0.2) is 18.3 Å². The molecular formula is C19H27N7O2. The molecule has 1 heterocycles. The maximum Gasteiger partial charge on any atom is 0.256 e. The third kappa shape index (κ3) is 5.17. The molecule has 0 aliphatic carbocycles. The molecular weight excluding hydrogens is 358 g/mol. The summed E-state index contributed by atoms with van der Waals surface area (Å²) >= 11 is 0. The number of nitrogens with two attached hydrogens (primary N) is 1. The number of carbonyl (C=O) groups excluding carboxylic acids is 1. The highest BCUT2D eigenvalue weighted by Gasteiger charge is 2.15. The summed E-state index contributed by atoms with van der Waals surface area (Å²) < 4.78 is 0. The van der Waals surface area contributed by atoms with Gasteiger partial charge in [0, 0.05) is 41.4 Å². The van der Waals surface area contributed by atoms with Gasteiger partial charge in [-0.3, -0.25) is 4.79 Å². The Bertz CT molecular complexity index is 868. The van der Waals surface area contributed by atoms with Gasteiger partial charge in [-0.15, -0.1) is 0 Å². The summed E-state index contributed by atoms with van der Waals surface area (Å²) in [5.41, 5.74) is 9.33. The highest BCUT2D eigenvalue weighted by atomic mass is 16.3. The maximum atomic E-state index is 12.1. The molecule has 0 saturated carbocycles. The minimum atomic E-state index is -0.444. The Labute approximate surface area is 164 Å². The van der Waals surface area contributed by atoms with E-state index in [-0.39, 0.29) is 30.0 Å². The molecule has 9 heteroatoms. The van der Waals surface area contributed by atoms with Gasteiger partial charge in [0.15, 0.2) is 0 Å². The fourth-order valence-corrected chi connectivity index (χ4v) is 2.52. The molecule has 0 aliphatic rings. The Hall–Kier alpha value is -3.20. The van der Waals surface area contributed by atoms with Crippen LogP contribution in [0, 0.1) is 12.3 Å². The van der Waals surface area contributed by atoms with Gasteiger partial charge in [-0.25, -0.2) is 4.98 Å². The van der Waals surface area contributed by atoms with Crippen molar-refractivity contribution in [2.75, 3.05) is 23.0 Å².